The van der Waals surface area contributed by atoms with Crippen LogP contribution in [0.2, 0.25) is 0 Å². The number of nitrogens with zero attached hydrogens (tertiary/aromatic N) is 1. The number of pyridine rings is 1. The van der Waals surface area contributed by atoms with Gasteiger partial charge in [-0.1, -0.05) is 24.3 Å². The van der Waals surface area contributed by atoms with Crippen LogP contribution in [0.4, 0.5) is 10.1 Å². The number of rotatable bonds is 0. The second-order valence-corrected chi connectivity index (χ2v) is 5.76. The second kappa shape index (κ2) is 4.11. The van der Waals surface area contributed by atoms with Gasteiger partial charge in [0.15, 0.2) is 11.0 Å². The van der Waals surface area contributed by atoms with Gasteiger partial charge in [0.05, 0.1) is 16.1 Å². The van der Waals surface area contributed by atoms with Gasteiger partial charge in [0, 0.05) is 22.7 Å². The van der Waals surface area contributed by atoms with Crippen molar-refractivity contribution in [3.63, 3.8) is 0 Å². The molecule has 0 spiro atoms. The van der Waals surface area contributed by atoms with Crippen molar-refractivity contribution in [3.05, 3.63) is 54.5 Å². The molecule has 1 aliphatic heterocycles. The summed E-state index contributed by atoms with van der Waals surface area (Å²) in [6.07, 6.45) is 1.70. The lowest BCUT2D eigenvalue weighted by atomic mass is 10.0. The fourth-order valence-electron chi connectivity index (χ4n) is 2.49. The molecular formula is C15H9FN2OS. The van der Waals surface area contributed by atoms with Crippen molar-refractivity contribution in [1.29, 1.82) is 0 Å². The molecular weight excluding hydrogens is 275 g/mol. The molecule has 0 amide bonds. The summed E-state index contributed by atoms with van der Waals surface area (Å²) < 4.78 is 28.5. The number of benzene rings is 2. The molecule has 0 radical (unpaired) electrons. The molecule has 1 aromatic heterocycles. The first kappa shape index (κ1) is 11.5. The van der Waals surface area contributed by atoms with Crippen LogP contribution in [0.15, 0.2) is 53.6 Å². The lowest BCUT2D eigenvalue weighted by Crippen LogP contribution is -2.13. The maximum absolute atomic E-state index is 13.3. The van der Waals surface area contributed by atoms with E-state index in [1.165, 1.54) is 12.1 Å². The van der Waals surface area contributed by atoms with Crippen molar-refractivity contribution in [3.8, 4) is 11.1 Å². The number of nitrogens with one attached hydrogen (secondary N) is 1. The quantitative estimate of drug-likeness (QED) is 0.686. The van der Waals surface area contributed by atoms with E-state index in [9.17, 15) is 8.60 Å². The van der Waals surface area contributed by atoms with E-state index in [0.29, 0.717) is 4.90 Å². The van der Waals surface area contributed by atoms with E-state index >= 15 is 0 Å². The third kappa shape index (κ3) is 1.56. The molecule has 98 valence electrons. The number of aromatic nitrogens is 1. The average Bonchev–Trinajstić information content (AvgIpc) is 2.47. The van der Waals surface area contributed by atoms with E-state index in [2.05, 4.69) is 9.71 Å². The van der Waals surface area contributed by atoms with Gasteiger partial charge < -0.3 is 0 Å². The van der Waals surface area contributed by atoms with E-state index in [0.717, 1.165) is 27.7 Å². The first-order chi connectivity index (χ1) is 9.74. The van der Waals surface area contributed by atoms with Crippen LogP contribution in [-0.2, 0) is 11.0 Å². The van der Waals surface area contributed by atoms with Crippen LogP contribution in [0.1, 0.15) is 0 Å². The summed E-state index contributed by atoms with van der Waals surface area (Å²) in [5.41, 5.74) is 3.19. The van der Waals surface area contributed by atoms with Crippen LogP contribution in [0.25, 0.3) is 22.0 Å². The van der Waals surface area contributed by atoms with Crippen LogP contribution in [0.5, 0.6) is 0 Å². The summed E-state index contributed by atoms with van der Waals surface area (Å²) in [4.78, 5) is 4.81. The number of hydrogen-bond donors (Lipinski definition) is 1. The van der Waals surface area contributed by atoms with Gasteiger partial charge in [-0.3, -0.25) is 9.71 Å². The van der Waals surface area contributed by atoms with Gasteiger partial charge in [0.2, 0.25) is 0 Å². The van der Waals surface area contributed by atoms with Crippen LogP contribution >= 0.6 is 0 Å². The molecule has 1 atom stereocenters. The molecule has 0 aliphatic carbocycles. The molecule has 0 bridgehead atoms. The summed E-state index contributed by atoms with van der Waals surface area (Å²) in [6, 6.07) is 12.1. The van der Waals surface area contributed by atoms with Gasteiger partial charge in [0.1, 0.15) is 5.82 Å². The molecule has 1 aliphatic rings. The van der Waals surface area contributed by atoms with E-state index in [1.54, 1.807) is 12.3 Å². The number of hydrogen-bond acceptors (Lipinski definition) is 2. The predicted octanol–water partition coefficient (Wildman–Crippen LogP) is 3.49. The maximum Gasteiger partial charge on any atom is 0.151 e. The van der Waals surface area contributed by atoms with Crippen molar-refractivity contribution in [2.24, 2.45) is 0 Å². The lowest BCUT2D eigenvalue weighted by molar-refractivity contribution is 0.623. The zero-order chi connectivity index (χ0) is 13.7. The Bertz CT molecular complexity index is 879. The molecule has 0 saturated carbocycles. The molecule has 2 aromatic carbocycles. The Balaban J connectivity index is 2.10. The SMILES string of the molecule is O=S1Nc2c(ccc3cccnc23)-c2ccc(F)cc21. The minimum atomic E-state index is -1.47. The first-order valence-corrected chi connectivity index (χ1v) is 7.25. The summed E-state index contributed by atoms with van der Waals surface area (Å²) in [6.45, 7) is 0. The zero-order valence-electron chi connectivity index (χ0n) is 10.3. The van der Waals surface area contributed by atoms with E-state index in [1.807, 2.05) is 24.3 Å². The first-order valence-electron chi connectivity index (χ1n) is 6.10. The second-order valence-electron chi connectivity index (χ2n) is 4.57. The minimum absolute atomic E-state index is 0.388. The van der Waals surface area contributed by atoms with E-state index in [4.69, 9.17) is 0 Å². The summed E-state index contributed by atoms with van der Waals surface area (Å²) in [5.74, 6) is -0.388. The Hall–Kier alpha value is -2.27. The molecule has 20 heavy (non-hydrogen) atoms. The molecule has 3 aromatic rings. The smallest absolute Gasteiger partial charge is 0.151 e. The number of fused-ring (bicyclic) bond motifs is 5. The fraction of sp³-hybridized carbons (Fsp3) is 0. The molecule has 1 N–H and O–H groups in total. The Labute approximate surface area is 117 Å². The molecule has 1 unspecified atom stereocenters. The van der Waals surface area contributed by atoms with Gasteiger partial charge in [-0.2, -0.15) is 0 Å². The summed E-state index contributed by atoms with van der Waals surface area (Å²) in [7, 11) is -1.47. The van der Waals surface area contributed by atoms with Gasteiger partial charge in [-0.05, 0) is 18.2 Å². The van der Waals surface area contributed by atoms with Crippen molar-refractivity contribution in [1.82, 2.24) is 4.98 Å². The van der Waals surface area contributed by atoms with E-state index in [-0.39, 0.29) is 5.82 Å². The van der Waals surface area contributed by atoms with Gasteiger partial charge in [0.25, 0.3) is 0 Å². The monoisotopic (exact) mass is 284 g/mol. The van der Waals surface area contributed by atoms with Crippen LogP contribution in [0, 0.1) is 5.82 Å². The predicted molar refractivity (Wildman–Crippen MR) is 77.2 cm³/mol. The van der Waals surface area contributed by atoms with Crippen molar-refractivity contribution in [2.75, 3.05) is 4.72 Å². The highest BCUT2D eigenvalue weighted by atomic mass is 32.2. The van der Waals surface area contributed by atoms with Crippen LogP contribution in [0.3, 0.4) is 0 Å². The van der Waals surface area contributed by atoms with Gasteiger partial charge >= 0.3 is 0 Å². The van der Waals surface area contributed by atoms with E-state index < -0.39 is 11.0 Å². The van der Waals surface area contributed by atoms with Crippen LogP contribution < -0.4 is 4.72 Å². The molecule has 4 rings (SSSR count). The Morgan fingerprint density at radius 3 is 2.85 bits per heavy atom. The largest absolute Gasteiger partial charge is 0.298 e. The van der Waals surface area contributed by atoms with Gasteiger partial charge in [-0.25, -0.2) is 8.60 Å². The Kier molecular flexibility index (Phi) is 2.37. The number of halogens is 1. The third-order valence-electron chi connectivity index (χ3n) is 3.40. The van der Waals surface area contributed by atoms with Crippen molar-refractivity contribution >= 4 is 27.6 Å². The molecule has 5 heteroatoms. The minimum Gasteiger partial charge on any atom is -0.298 e. The van der Waals surface area contributed by atoms with Crippen molar-refractivity contribution < 1.29 is 8.60 Å². The zero-order valence-corrected chi connectivity index (χ0v) is 11.1. The fourth-order valence-corrected chi connectivity index (χ4v) is 3.59. The summed E-state index contributed by atoms with van der Waals surface area (Å²) in [5, 5.41) is 0.973. The topological polar surface area (TPSA) is 42.0 Å². The number of anilines is 1. The maximum atomic E-state index is 13.3. The molecule has 0 fully saturated rings. The highest BCUT2D eigenvalue weighted by Crippen LogP contribution is 2.41. The third-order valence-corrected chi connectivity index (χ3v) is 4.53. The Morgan fingerprint density at radius 2 is 1.95 bits per heavy atom. The van der Waals surface area contributed by atoms with Gasteiger partial charge in [-0.15, -0.1) is 0 Å². The molecule has 2 heterocycles. The lowest BCUT2D eigenvalue weighted by Gasteiger charge is -2.21. The standard InChI is InChI=1S/C15H9FN2OS/c16-10-4-6-11-12-5-3-9-2-1-7-17-14(9)15(12)18-20(19)13(11)8-10/h1-8,18H. The average molecular weight is 284 g/mol. The van der Waals surface area contributed by atoms with Crippen LogP contribution in [-0.4, -0.2) is 9.19 Å². The highest BCUT2D eigenvalue weighted by molar-refractivity contribution is 7.86. The Morgan fingerprint density at radius 1 is 1.10 bits per heavy atom. The summed E-state index contributed by atoms with van der Waals surface area (Å²) >= 11 is 0. The molecule has 0 saturated heterocycles. The van der Waals surface area contributed by atoms with Crippen molar-refractivity contribution in [2.45, 2.75) is 4.90 Å². The molecule has 3 nitrogen and oxygen atoms in total. The normalized spacial score (nSPS) is 16.4. The highest BCUT2D eigenvalue weighted by Gasteiger charge is 2.23.